The van der Waals surface area contributed by atoms with E-state index in [1.54, 1.807) is 11.3 Å². The van der Waals surface area contributed by atoms with Gasteiger partial charge in [0.05, 0.1) is 11.4 Å². The molecule has 4 aromatic rings. The van der Waals surface area contributed by atoms with E-state index in [-0.39, 0.29) is 0 Å². The zero-order chi connectivity index (χ0) is 17.6. The van der Waals surface area contributed by atoms with Crippen molar-refractivity contribution in [3.05, 3.63) is 79.2 Å². The van der Waals surface area contributed by atoms with Gasteiger partial charge in [-0.3, -0.25) is 4.40 Å². The highest BCUT2D eigenvalue weighted by Crippen LogP contribution is 2.32. The third-order valence-corrected chi connectivity index (χ3v) is 6.60. The van der Waals surface area contributed by atoms with Crippen LogP contribution >= 0.6 is 38.9 Å². The van der Waals surface area contributed by atoms with E-state index in [1.807, 2.05) is 24.3 Å². The normalized spacial score (nSPS) is 11.4. The molecule has 0 radical (unpaired) electrons. The molecule has 0 N–H and O–H groups in total. The predicted octanol–water partition coefficient (Wildman–Crippen LogP) is 6.69. The topological polar surface area (TPSA) is 17.3 Å². The summed E-state index contributed by atoms with van der Waals surface area (Å²) in [5, 5.41) is 5.05. The Labute approximate surface area is 164 Å². The molecule has 1 aromatic carbocycles. The Morgan fingerprint density at radius 1 is 1.16 bits per heavy atom. The highest BCUT2D eigenvalue weighted by Gasteiger charge is 2.18. The maximum Gasteiger partial charge on any atom is 0.138 e. The summed E-state index contributed by atoms with van der Waals surface area (Å²) in [5.41, 5.74) is 7.96. The predicted molar refractivity (Wildman–Crippen MR) is 110 cm³/mol. The maximum atomic E-state index is 6.07. The lowest BCUT2D eigenvalue weighted by molar-refractivity contribution is 0.974. The number of halogens is 2. The molecule has 2 nitrogen and oxygen atoms in total. The van der Waals surface area contributed by atoms with E-state index in [4.69, 9.17) is 16.6 Å². The number of rotatable bonds is 3. The van der Waals surface area contributed by atoms with Gasteiger partial charge in [-0.25, -0.2) is 4.98 Å². The lowest BCUT2D eigenvalue weighted by Crippen LogP contribution is -2.01. The summed E-state index contributed by atoms with van der Waals surface area (Å²) in [4.78, 5) is 4.96. The van der Waals surface area contributed by atoms with Crippen LogP contribution < -0.4 is 0 Å². The number of benzene rings is 1. The van der Waals surface area contributed by atoms with E-state index < -0.39 is 0 Å². The summed E-state index contributed by atoms with van der Waals surface area (Å²) in [6.07, 6.45) is 0.846. The molecule has 126 valence electrons. The highest BCUT2D eigenvalue weighted by molar-refractivity contribution is 9.10. The summed E-state index contributed by atoms with van der Waals surface area (Å²) in [6.45, 7) is 4.24. The molecule has 0 aliphatic carbocycles. The molecule has 0 fully saturated rings. The fourth-order valence-corrected chi connectivity index (χ4v) is 4.26. The van der Waals surface area contributed by atoms with Crippen molar-refractivity contribution >= 4 is 44.5 Å². The third-order valence-electron chi connectivity index (χ3n) is 4.41. The number of imidazole rings is 1. The van der Waals surface area contributed by atoms with Crippen molar-refractivity contribution in [3.8, 4) is 11.3 Å². The van der Waals surface area contributed by atoms with Gasteiger partial charge in [-0.2, -0.15) is 11.3 Å². The number of thiophene rings is 1. The summed E-state index contributed by atoms with van der Waals surface area (Å²) >= 11 is 11.5. The Hall–Kier alpha value is -1.62. The number of hydrogen-bond acceptors (Lipinski definition) is 2. The van der Waals surface area contributed by atoms with Crippen LogP contribution in [0.1, 0.15) is 22.5 Å². The largest absolute Gasteiger partial charge is 0.299 e. The van der Waals surface area contributed by atoms with Gasteiger partial charge in [0.25, 0.3) is 0 Å². The van der Waals surface area contributed by atoms with Gasteiger partial charge in [-0.15, -0.1) is 0 Å². The van der Waals surface area contributed by atoms with Crippen molar-refractivity contribution < 1.29 is 0 Å². The van der Waals surface area contributed by atoms with Crippen LogP contribution in [0, 0.1) is 13.8 Å². The van der Waals surface area contributed by atoms with Gasteiger partial charge in [0, 0.05) is 27.2 Å². The van der Waals surface area contributed by atoms with Crippen molar-refractivity contribution in [2.45, 2.75) is 20.3 Å². The second-order valence-corrected chi connectivity index (χ2v) is 8.15. The molecule has 0 saturated heterocycles. The first-order chi connectivity index (χ1) is 12.0. The summed E-state index contributed by atoms with van der Waals surface area (Å²) in [7, 11) is 0. The Bertz CT molecular complexity index is 1050. The fourth-order valence-electron chi connectivity index (χ4n) is 3.17. The standard InChI is InChI=1S/C20H16BrClN2S/c1-12-9-18-23-20(15-3-5-16(22)6-4-15)17(10-14-7-8-25-11-14)24(18)13(2)19(12)21/h3-9,11H,10H2,1-2H3. The maximum absolute atomic E-state index is 6.07. The molecule has 3 heterocycles. The summed E-state index contributed by atoms with van der Waals surface area (Å²) in [6, 6.07) is 12.2. The number of pyridine rings is 1. The van der Waals surface area contributed by atoms with Gasteiger partial charge < -0.3 is 0 Å². The van der Waals surface area contributed by atoms with Crippen LogP contribution in [-0.4, -0.2) is 9.38 Å². The minimum Gasteiger partial charge on any atom is -0.299 e. The van der Waals surface area contributed by atoms with E-state index in [9.17, 15) is 0 Å². The van der Waals surface area contributed by atoms with Gasteiger partial charge >= 0.3 is 0 Å². The first-order valence-electron chi connectivity index (χ1n) is 7.98. The van der Waals surface area contributed by atoms with Crippen LogP contribution in [0.4, 0.5) is 0 Å². The first kappa shape index (κ1) is 16.8. The quantitative estimate of drug-likeness (QED) is 0.353. The van der Waals surface area contributed by atoms with Crippen LogP contribution in [0.5, 0.6) is 0 Å². The number of aryl methyl sites for hydroxylation is 2. The van der Waals surface area contributed by atoms with Crippen LogP contribution in [0.2, 0.25) is 5.02 Å². The average molecular weight is 432 g/mol. The smallest absolute Gasteiger partial charge is 0.138 e. The van der Waals surface area contributed by atoms with Crippen molar-refractivity contribution in [2.75, 3.05) is 0 Å². The lowest BCUT2D eigenvalue weighted by atomic mass is 10.1. The van der Waals surface area contributed by atoms with Crippen molar-refractivity contribution in [2.24, 2.45) is 0 Å². The molecule has 0 saturated carbocycles. The molecule has 0 spiro atoms. The molecule has 3 aromatic heterocycles. The minimum absolute atomic E-state index is 0.738. The molecule has 0 amide bonds. The van der Waals surface area contributed by atoms with Crippen LogP contribution in [0.3, 0.4) is 0 Å². The zero-order valence-electron chi connectivity index (χ0n) is 13.9. The molecule has 4 rings (SSSR count). The Morgan fingerprint density at radius 3 is 2.60 bits per heavy atom. The van der Waals surface area contributed by atoms with Gasteiger partial charge in [0.1, 0.15) is 5.65 Å². The molecule has 5 heteroatoms. The molecular formula is C20H16BrClN2S. The Kier molecular flexibility index (Phi) is 4.44. The second kappa shape index (κ2) is 6.60. The molecule has 0 bridgehead atoms. The van der Waals surface area contributed by atoms with Crippen LogP contribution in [0.25, 0.3) is 16.9 Å². The average Bonchev–Trinajstić information content (AvgIpc) is 3.22. The minimum atomic E-state index is 0.738. The van der Waals surface area contributed by atoms with Gasteiger partial charge in [-0.1, -0.05) is 23.7 Å². The molecule has 0 aliphatic rings. The highest BCUT2D eigenvalue weighted by atomic mass is 79.9. The third kappa shape index (κ3) is 3.03. The summed E-state index contributed by atoms with van der Waals surface area (Å²) < 4.78 is 3.39. The molecule has 0 aliphatic heterocycles. The van der Waals surface area contributed by atoms with Crippen molar-refractivity contribution in [1.82, 2.24) is 9.38 Å². The molecule has 0 atom stereocenters. The fraction of sp³-hybridized carbons (Fsp3) is 0.150. The van der Waals surface area contributed by atoms with E-state index in [0.29, 0.717) is 0 Å². The number of aromatic nitrogens is 2. The van der Waals surface area contributed by atoms with Crippen LogP contribution in [-0.2, 0) is 6.42 Å². The second-order valence-electron chi connectivity index (χ2n) is 6.14. The molecule has 25 heavy (non-hydrogen) atoms. The monoisotopic (exact) mass is 430 g/mol. The van der Waals surface area contributed by atoms with Crippen molar-refractivity contribution in [1.29, 1.82) is 0 Å². The van der Waals surface area contributed by atoms with Gasteiger partial charge in [0.15, 0.2) is 0 Å². The number of fused-ring (bicyclic) bond motifs is 1. The Balaban J connectivity index is 2.00. The Morgan fingerprint density at radius 2 is 1.92 bits per heavy atom. The van der Waals surface area contributed by atoms with Gasteiger partial charge in [-0.05, 0) is 75.9 Å². The number of nitrogens with zero attached hydrogens (tertiary/aromatic N) is 2. The number of hydrogen-bond donors (Lipinski definition) is 0. The van der Waals surface area contributed by atoms with E-state index >= 15 is 0 Å². The van der Waals surface area contributed by atoms with Crippen LogP contribution in [0.15, 0.2) is 51.6 Å². The molecule has 0 unspecified atom stereocenters. The first-order valence-corrected chi connectivity index (χ1v) is 10.1. The van der Waals surface area contributed by atoms with E-state index in [0.717, 1.165) is 32.8 Å². The zero-order valence-corrected chi connectivity index (χ0v) is 17.0. The SMILES string of the molecule is Cc1cc2nc(-c3ccc(Cl)cc3)c(Cc3ccsc3)n2c(C)c1Br. The van der Waals surface area contributed by atoms with Gasteiger partial charge in [0.2, 0.25) is 0 Å². The summed E-state index contributed by atoms with van der Waals surface area (Å²) in [5.74, 6) is 0. The van der Waals surface area contributed by atoms with E-state index in [2.05, 4.69) is 57.1 Å². The van der Waals surface area contributed by atoms with Crippen molar-refractivity contribution in [3.63, 3.8) is 0 Å². The molecular weight excluding hydrogens is 416 g/mol. The van der Waals surface area contributed by atoms with E-state index in [1.165, 1.54) is 22.5 Å². The lowest BCUT2D eigenvalue weighted by Gasteiger charge is -2.10.